The number of aryl methyl sites for hydroxylation is 1. The molecule has 0 fully saturated rings. The van der Waals surface area contributed by atoms with Crippen LogP contribution < -0.4 is 9.46 Å². The van der Waals surface area contributed by atoms with Crippen molar-refractivity contribution in [2.75, 3.05) is 4.72 Å². The van der Waals surface area contributed by atoms with Crippen LogP contribution in [0, 0.1) is 22.7 Å². The minimum absolute atomic E-state index is 0.0686. The molecule has 1 N–H and O–H groups in total. The molecule has 4 rings (SSSR count). The summed E-state index contributed by atoms with van der Waals surface area (Å²) in [6, 6.07) is 17.5. The summed E-state index contributed by atoms with van der Waals surface area (Å²) in [4.78, 5) is 3.85. The third kappa shape index (κ3) is 5.08. The summed E-state index contributed by atoms with van der Waals surface area (Å²) in [5, 5.41) is 25.5. The monoisotopic (exact) mass is 518 g/mol. The number of thiazole rings is 1. The second-order valence-corrected chi connectivity index (χ2v) is 10.9. The molecular formula is C25H22N6O3S2. The van der Waals surface area contributed by atoms with E-state index in [-0.39, 0.29) is 21.3 Å². The summed E-state index contributed by atoms with van der Waals surface area (Å²) in [7, 11) is -3.90. The van der Waals surface area contributed by atoms with Crippen molar-refractivity contribution in [1.82, 2.24) is 14.8 Å². The molecule has 0 aliphatic carbocycles. The highest BCUT2D eigenvalue weighted by atomic mass is 32.2. The number of nitriles is 2. The van der Waals surface area contributed by atoms with Crippen LogP contribution in [-0.2, 0) is 22.0 Å². The zero-order chi connectivity index (χ0) is 25.9. The number of nitrogens with zero attached hydrogens (tertiary/aromatic N) is 5. The molecule has 0 saturated heterocycles. The van der Waals surface area contributed by atoms with E-state index in [0.29, 0.717) is 18.0 Å². The molecule has 9 nitrogen and oxygen atoms in total. The number of hydrogen-bond acceptors (Lipinski definition) is 8. The number of ether oxygens (including phenoxy) is 1. The van der Waals surface area contributed by atoms with E-state index in [9.17, 15) is 18.9 Å². The number of anilines is 1. The normalized spacial score (nSPS) is 11.5. The Morgan fingerprint density at radius 2 is 1.89 bits per heavy atom. The Labute approximate surface area is 213 Å². The van der Waals surface area contributed by atoms with Gasteiger partial charge in [0.05, 0.1) is 33.3 Å². The molecule has 0 unspecified atom stereocenters. The van der Waals surface area contributed by atoms with Gasteiger partial charge in [0.25, 0.3) is 10.0 Å². The van der Waals surface area contributed by atoms with Crippen LogP contribution in [0.3, 0.4) is 0 Å². The number of aromatic nitrogens is 3. The first kappa shape index (κ1) is 24.9. The van der Waals surface area contributed by atoms with Crippen molar-refractivity contribution in [3.05, 3.63) is 71.4 Å². The van der Waals surface area contributed by atoms with Crippen molar-refractivity contribution in [2.45, 2.75) is 37.6 Å². The van der Waals surface area contributed by atoms with E-state index >= 15 is 0 Å². The Morgan fingerprint density at radius 3 is 2.50 bits per heavy atom. The molecule has 2 heterocycles. The molecule has 0 atom stereocenters. The van der Waals surface area contributed by atoms with Gasteiger partial charge in [-0.05, 0) is 69.3 Å². The summed E-state index contributed by atoms with van der Waals surface area (Å²) in [5.41, 5.74) is 1.84. The van der Waals surface area contributed by atoms with E-state index in [0.717, 1.165) is 22.6 Å². The summed E-state index contributed by atoms with van der Waals surface area (Å²) < 4.78 is 35.4. The molecule has 0 aliphatic heterocycles. The average molecular weight is 519 g/mol. The fraction of sp³-hybridized carbons (Fsp3) is 0.200. The van der Waals surface area contributed by atoms with Crippen molar-refractivity contribution < 1.29 is 13.2 Å². The highest BCUT2D eigenvalue weighted by Crippen LogP contribution is 2.32. The maximum Gasteiger partial charge on any atom is 0.263 e. The fourth-order valence-electron chi connectivity index (χ4n) is 3.37. The van der Waals surface area contributed by atoms with Crippen LogP contribution in [-0.4, -0.2) is 23.2 Å². The van der Waals surface area contributed by atoms with Crippen LogP contribution in [0.15, 0.2) is 65.0 Å². The van der Waals surface area contributed by atoms with Gasteiger partial charge in [-0.15, -0.1) is 11.3 Å². The summed E-state index contributed by atoms with van der Waals surface area (Å²) in [6.45, 7) is 6.28. The molecule has 0 bridgehead atoms. The van der Waals surface area contributed by atoms with Gasteiger partial charge in [0, 0.05) is 23.7 Å². The number of hydrogen-bond donors (Lipinski definition) is 1. The molecule has 0 radical (unpaired) electrons. The van der Waals surface area contributed by atoms with Crippen LogP contribution >= 0.6 is 11.3 Å². The standard InChI is InChI=1S/C25H22N6O3S2/c1-4-31-21(14-23(29-31)25(2,3)16-27)17-5-7-19(8-6-17)34-22-10-9-20(13-18(22)15-26)36(32,33)30-24-28-11-12-35-24/h5-14H,4H2,1-3H3,(H,28,30). The van der Waals surface area contributed by atoms with Crippen LogP contribution in [0.25, 0.3) is 11.3 Å². The highest BCUT2D eigenvalue weighted by Gasteiger charge is 2.25. The van der Waals surface area contributed by atoms with Gasteiger partial charge in [-0.3, -0.25) is 9.40 Å². The second kappa shape index (κ2) is 9.82. The lowest BCUT2D eigenvalue weighted by atomic mass is 9.91. The van der Waals surface area contributed by atoms with Gasteiger partial charge in [0.2, 0.25) is 0 Å². The highest BCUT2D eigenvalue weighted by molar-refractivity contribution is 7.93. The zero-order valence-corrected chi connectivity index (χ0v) is 21.4. The van der Waals surface area contributed by atoms with Gasteiger partial charge in [0.1, 0.15) is 17.6 Å². The van der Waals surface area contributed by atoms with E-state index in [1.54, 1.807) is 17.5 Å². The largest absolute Gasteiger partial charge is 0.456 e. The third-order valence-corrected chi connectivity index (χ3v) is 7.57. The predicted molar refractivity (Wildman–Crippen MR) is 136 cm³/mol. The van der Waals surface area contributed by atoms with Crippen LogP contribution in [0.2, 0.25) is 0 Å². The maximum absolute atomic E-state index is 12.6. The summed E-state index contributed by atoms with van der Waals surface area (Å²) >= 11 is 1.15. The number of nitrogens with one attached hydrogen (secondary N) is 1. The SMILES string of the molecule is CCn1nc(C(C)(C)C#N)cc1-c1ccc(Oc2ccc(S(=O)(=O)Nc3nccs3)cc2C#N)cc1. The molecule has 0 saturated carbocycles. The van der Waals surface area contributed by atoms with E-state index in [2.05, 4.69) is 20.9 Å². The van der Waals surface area contributed by atoms with Gasteiger partial charge in [-0.25, -0.2) is 13.4 Å². The lowest BCUT2D eigenvalue weighted by molar-refractivity contribution is 0.480. The minimum Gasteiger partial charge on any atom is -0.456 e. The molecule has 36 heavy (non-hydrogen) atoms. The molecule has 0 amide bonds. The Bertz CT molecular complexity index is 1580. The van der Waals surface area contributed by atoms with Crippen LogP contribution in [0.4, 0.5) is 5.13 Å². The van der Waals surface area contributed by atoms with Crippen molar-refractivity contribution in [3.63, 3.8) is 0 Å². The van der Waals surface area contributed by atoms with E-state index < -0.39 is 15.4 Å². The summed E-state index contributed by atoms with van der Waals surface area (Å²) in [5.74, 6) is 0.710. The van der Waals surface area contributed by atoms with E-state index in [1.807, 2.05) is 49.7 Å². The zero-order valence-electron chi connectivity index (χ0n) is 19.8. The van der Waals surface area contributed by atoms with Gasteiger partial charge in [0.15, 0.2) is 5.13 Å². The van der Waals surface area contributed by atoms with Gasteiger partial charge >= 0.3 is 0 Å². The van der Waals surface area contributed by atoms with Gasteiger partial charge < -0.3 is 4.74 Å². The van der Waals surface area contributed by atoms with Crippen molar-refractivity contribution >= 4 is 26.5 Å². The van der Waals surface area contributed by atoms with Gasteiger partial charge in [-0.1, -0.05) is 0 Å². The summed E-state index contributed by atoms with van der Waals surface area (Å²) in [6.07, 6.45) is 1.49. The van der Waals surface area contributed by atoms with Crippen molar-refractivity contribution in [1.29, 1.82) is 10.5 Å². The van der Waals surface area contributed by atoms with Crippen LogP contribution in [0.5, 0.6) is 11.5 Å². The molecule has 0 spiro atoms. The quantitative estimate of drug-likeness (QED) is 0.335. The Morgan fingerprint density at radius 1 is 1.14 bits per heavy atom. The smallest absolute Gasteiger partial charge is 0.263 e. The average Bonchev–Trinajstić information content (AvgIpc) is 3.54. The lowest BCUT2D eigenvalue weighted by Crippen LogP contribution is -2.15. The Balaban J connectivity index is 1.57. The maximum atomic E-state index is 12.6. The molecule has 0 aliphatic rings. The Hall–Kier alpha value is -4.19. The number of sulfonamides is 1. The third-order valence-electron chi connectivity index (χ3n) is 5.41. The van der Waals surface area contributed by atoms with E-state index in [1.165, 1.54) is 24.4 Å². The molecule has 2 aromatic carbocycles. The molecular weight excluding hydrogens is 496 g/mol. The molecule has 4 aromatic rings. The first-order valence-electron chi connectivity index (χ1n) is 10.9. The lowest BCUT2D eigenvalue weighted by Gasteiger charge is -2.11. The number of rotatable bonds is 8. The molecule has 11 heteroatoms. The van der Waals surface area contributed by atoms with E-state index in [4.69, 9.17) is 4.74 Å². The van der Waals surface area contributed by atoms with Crippen molar-refractivity contribution in [2.24, 2.45) is 0 Å². The molecule has 2 aromatic heterocycles. The van der Waals surface area contributed by atoms with Gasteiger partial charge in [-0.2, -0.15) is 15.6 Å². The first-order valence-corrected chi connectivity index (χ1v) is 13.3. The molecule has 182 valence electrons. The Kier molecular flexibility index (Phi) is 6.80. The first-order chi connectivity index (χ1) is 17.2. The topological polar surface area (TPSA) is 134 Å². The van der Waals surface area contributed by atoms with Crippen LogP contribution in [0.1, 0.15) is 32.0 Å². The predicted octanol–water partition coefficient (Wildman–Crippen LogP) is 5.29. The number of benzene rings is 2. The van der Waals surface area contributed by atoms with Crippen molar-refractivity contribution in [3.8, 4) is 34.9 Å². The fourth-order valence-corrected chi connectivity index (χ4v) is 5.19. The minimum atomic E-state index is -3.90. The second-order valence-electron chi connectivity index (χ2n) is 8.31.